The van der Waals surface area contributed by atoms with Crippen LogP contribution in [0, 0.1) is 0 Å². The van der Waals surface area contributed by atoms with Gasteiger partial charge in [0, 0.05) is 20.3 Å². The molecule has 0 radical (unpaired) electrons. The number of unbranched alkanes of at least 4 members (excludes halogenated alkanes) is 3. The quantitative estimate of drug-likeness (QED) is 0.591. The van der Waals surface area contributed by atoms with Crippen molar-refractivity contribution in [3.05, 3.63) is 29.8 Å². The van der Waals surface area contributed by atoms with Crippen molar-refractivity contribution in [2.45, 2.75) is 45.6 Å². The van der Waals surface area contributed by atoms with Crippen LogP contribution < -0.4 is 10.1 Å². The van der Waals surface area contributed by atoms with Crippen molar-refractivity contribution < 1.29 is 9.47 Å². The topological polar surface area (TPSA) is 30.5 Å². The highest BCUT2D eigenvalue weighted by Gasteiger charge is 1.97. The normalized spacial score (nSPS) is 10.7. The number of hydrogen-bond donors (Lipinski definition) is 1. The predicted molar refractivity (Wildman–Crippen MR) is 84.3 cm³/mol. The van der Waals surface area contributed by atoms with Gasteiger partial charge in [0.1, 0.15) is 5.75 Å². The van der Waals surface area contributed by atoms with E-state index < -0.39 is 0 Å². The van der Waals surface area contributed by atoms with E-state index in [0.29, 0.717) is 0 Å². The molecule has 0 bridgehead atoms. The zero-order chi connectivity index (χ0) is 14.5. The van der Waals surface area contributed by atoms with Crippen LogP contribution in [0.4, 0.5) is 0 Å². The summed E-state index contributed by atoms with van der Waals surface area (Å²) in [7, 11) is 1.74. The van der Waals surface area contributed by atoms with Gasteiger partial charge in [0.15, 0.2) is 0 Å². The Morgan fingerprint density at radius 2 is 1.95 bits per heavy atom. The van der Waals surface area contributed by atoms with Crippen molar-refractivity contribution in [1.29, 1.82) is 0 Å². The summed E-state index contributed by atoms with van der Waals surface area (Å²) in [4.78, 5) is 0. The van der Waals surface area contributed by atoms with Crippen molar-refractivity contribution in [1.82, 2.24) is 5.32 Å². The Balaban J connectivity index is 2.19. The molecule has 1 aromatic rings. The molecule has 0 unspecified atom stereocenters. The lowest BCUT2D eigenvalue weighted by molar-refractivity contribution is 0.194. The first-order valence-corrected chi connectivity index (χ1v) is 7.78. The first kappa shape index (κ1) is 17.0. The van der Waals surface area contributed by atoms with Crippen molar-refractivity contribution in [3.63, 3.8) is 0 Å². The number of ether oxygens (including phenoxy) is 2. The van der Waals surface area contributed by atoms with Crippen molar-refractivity contribution in [2.75, 3.05) is 26.9 Å². The molecule has 0 atom stereocenters. The number of benzene rings is 1. The van der Waals surface area contributed by atoms with Crippen molar-refractivity contribution in [3.8, 4) is 5.75 Å². The Morgan fingerprint density at radius 1 is 1.05 bits per heavy atom. The standard InChI is InChI=1S/C17H29NO2/c1-3-4-5-6-13-20-17-10-7-9-16(14-17)15-18-11-8-12-19-2/h7,9-10,14,18H,3-6,8,11-13,15H2,1-2H3. The zero-order valence-corrected chi connectivity index (χ0v) is 13.0. The van der Waals surface area contributed by atoms with Crippen LogP contribution in [-0.4, -0.2) is 26.9 Å². The lowest BCUT2D eigenvalue weighted by Crippen LogP contribution is -2.16. The summed E-state index contributed by atoms with van der Waals surface area (Å²) in [6.07, 6.45) is 6.02. The van der Waals surface area contributed by atoms with Gasteiger partial charge < -0.3 is 14.8 Å². The van der Waals surface area contributed by atoms with Gasteiger partial charge in [0.05, 0.1) is 6.61 Å². The van der Waals surface area contributed by atoms with Gasteiger partial charge in [0.2, 0.25) is 0 Å². The van der Waals surface area contributed by atoms with Gasteiger partial charge in [-0.25, -0.2) is 0 Å². The van der Waals surface area contributed by atoms with E-state index in [-0.39, 0.29) is 0 Å². The van der Waals surface area contributed by atoms with Crippen LogP contribution in [0.3, 0.4) is 0 Å². The highest BCUT2D eigenvalue weighted by molar-refractivity contribution is 5.28. The highest BCUT2D eigenvalue weighted by Crippen LogP contribution is 2.14. The largest absolute Gasteiger partial charge is 0.494 e. The molecule has 0 amide bonds. The molecular formula is C17H29NO2. The van der Waals surface area contributed by atoms with E-state index in [9.17, 15) is 0 Å². The van der Waals surface area contributed by atoms with Gasteiger partial charge in [-0.05, 0) is 37.1 Å². The average Bonchev–Trinajstić information content (AvgIpc) is 2.47. The molecule has 0 aromatic heterocycles. The number of hydrogen-bond acceptors (Lipinski definition) is 3. The zero-order valence-electron chi connectivity index (χ0n) is 13.0. The molecule has 3 nitrogen and oxygen atoms in total. The summed E-state index contributed by atoms with van der Waals surface area (Å²) < 4.78 is 10.8. The Bertz CT molecular complexity index is 312. The van der Waals surface area contributed by atoms with Crippen LogP contribution >= 0.6 is 0 Å². The molecule has 0 aliphatic heterocycles. The minimum Gasteiger partial charge on any atom is -0.494 e. The third-order valence-corrected chi connectivity index (χ3v) is 3.20. The maximum Gasteiger partial charge on any atom is 0.119 e. The second kappa shape index (κ2) is 11.7. The molecule has 0 spiro atoms. The molecule has 1 aromatic carbocycles. The molecule has 1 rings (SSSR count). The third kappa shape index (κ3) is 8.18. The Morgan fingerprint density at radius 3 is 2.75 bits per heavy atom. The molecule has 0 saturated heterocycles. The first-order valence-electron chi connectivity index (χ1n) is 7.78. The van der Waals surface area contributed by atoms with E-state index in [2.05, 4.69) is 30.4 Å². The first-order chi connectivity index (χ1) is 9.86. The summed E-state index contributed by atoms with van der Waals surface area (Å²) >= 11 is 0. The number of methoxy groups -OCH3 is 1. The van der Waals surface area contributed by atoms with E-state index >= 15 is 0 Å². The third-order valence-electron chi connectivity index (χ3n) is 3.20. The van der Waals surface area contributed by atoms with Crippen molar-refractivity contribution in [2.24, 2.45) is 0 Å². The molecule has 0 aliphatic rings. The van der Waals surface area contributed by atoms with E-state index in [1.165, 1.54) is 24.8 Å². The monoisotopic (exact) mass is 279 g/mol. The smallest absolute Gasteiger partial charge is 0.119 e. The van der Waals surface area contributed by atoms with Gasteiger partial charge in [0.25, 0.3) is 0 Å². The summed E-state index contributed by atoms with van der Waals surface area (Å²) in [6, 6.07) is 8.36. The summed E-state index contributed by atoms with van der Waals surface area (Å²) in [5.41, 5.74) is 1.27. The molecule has 0 aliphatic carbocycles. The van der Waals surface area contributed by atoms with E-state index in [1.807, 2.05) is 6.07 Å². The van der Waals surface area contributed by atoms with Gasteiger partial charge in [-0.15, -0.1) is 0 Å². The fraction of sp³-hybridized carbons (Fsp3) is 0.647. The van der Waals surface area contributed by atoms with Crippen LogP contribution in [0.25, 0.3) is 0 Å². The lowest BCUT2D eigenvalue weighted by Gasteiger charge is -2.09. The highest BCUT2D eigenvalue weighted by atomic mass is 16.5. The Labute approximate surface area is 123 Å². The lowest BCUT2D eigenvalue weighted by atomic mass is 10.2. The number of rotatable bonds is 12. The summed E-state index contributed by atoms with van der Waals surface area (Å²) in [6.45, 7) is 5.73. The molecule has 114 valence electrons. The molecule has 0 saturated carbocycles. The van der Waals surface area contributed by atoms with Gasteiger partial charge in [-0.2, -0.15) is 0 Å². The van der Waals surface area contributed by atoms with Gasteiger partial charge in [-0.1, -0.05) is 38.3 Å². The Kier molecular flexibility index (Phi) is 9.98. The van der Waals surface area contributed by atoms with Crippen LogP contribution in [0.1, 0.15) is 44.6 Å². The number of nitrogens with one attached hydrogen (secondary N) is 1. The fourth-order valence-corrected chi connectivity index (χ4v) is 2.04. The van der Waals surface area contributed by atoms with E-state index in [1.54, 1.807) is 7.11 Å². The second-order valence-corrected chi connectivity index (χ2v) is 5.08. The van der Waals surface area contributed by atoms with Crippen LogP contribution in [0.2, 0.25) is 0 Å². The second-order valence-electron chi connectivity index (χ2n) is 5.08. The van der Waals surface area contributed by atoms with E-state index in [0.717, 1.165) is 44.9 Å². The molecule has 20 heavy (non-hydrogen) atoms. The predicted octanol–water partition coefficient (Wildman–Crippen LogP) is 3.77. The van der Waals surface area contributed by atoms with Gasteiger partial charge in [-0.3, -0.25) is 0 Å². The van der Waals surface area contributed by atoms with Crippen LogP contribution in [0.15, 0.2) is 24.3 Å². The molecule has 0 heterocycles. The fourth-order valence-electron chi connectivity index (χ4n) is 2.04. The molecule has 0 fully saturated rings. The SMILES string of the molecule is CCCCCCOc1cccc(CNCCCOC)c1. The van der Waals surface area contributed by atoms with E-state index in [4.69, 9.17) is 9.47 Å². The van der Waals surface area contributed by atoms with Crippen LogP contribution in [-0.2, 0) is 11.3 Å². The molecule has 3 heteroatoms. The van der Waals surface area contributed by atoms with Crippen molar-refractivity contribution >= 4 is 0 Å². The summed E-state index contributed by atoms with van der Waals surface area (Å²) in [5, 5.41) is 3.41. The van der Waals surface area contributed by atoms with Gasteiger partial charge >= 0.3 is 0 Å². The van der Waals surface area contributed by atoms with Crippen LogP contribution in [0.5, 0.6) is 5.75 Å². The maximum atomic E-state index is 5.79. The Hall–Kier alpha value is -1.06. The summed E-state index contributed by atoms with van der Waals surface area (Å²) in [5.74, 6) is 0.984. The minimum absolute atomic E-state index is 0.813. The average molecular weight is 279 g/mol. The minimum atomic E-state index is 0.813. The maximum absolute atomic E-state index is 5.79. The molecule has 1 N–H and O–H groups in total. The molecular weight excluding hydrogens is 250 g/mol.